The Kier molecular flexibility index (Phi) is 4.09. The monoisotopic (exact) mass is 299 g/mol. The molecule has 0 radical (unpaired) electrons. The molecule has 1 aromatic carbocycles. The lowest BCUT2D eigenvalue weighted by atomic mass is 10.0. The normalized spacial score (nSPS) is 12.1. The standard InChI is InChI=1S/C15H16F3NO2/c1-9-4-5-10(2)13-12(9)11(14(20)15(16,17)18)8-19(13)6-7-21-3/h4-5,8H,6-7H2,1-3H3. The van der Waals surface area contributed by atoms with E-state index in [1.807, 2.05) is 13.0 Å². The van der Waals surface area contributed by atoms with Crippen molar-refractivity contribution in [1.29, 1.82) is 0 Å². The highest BCUT2D eigenvalue weighted by molar-refractivity contribution is 6.12. The summed E-state index contributed by atoms with van der Waals surface area (Å²) in [5.74, 6) is -1.81. The third kappa shape index (κ3) is 2.81. The van der Waals surface area contributed by atoms with Gasteiger partial charge in [0.1, 0.15) is 0 Å². The first-order chi connectivity index (χ1) is 9.77. The minimum atomic E-state index is -4.88. The number of hydrogen-bond acceptors (Lipinski definition) is 2. The zero-order valence-electron chi connectivity index (χ0n) is 12.0. The first kappa shape index (κ1) is 15.6. The molecule has 2 rings (SSSR count). The second kappa shape index (κ2) is 5.52. The van der Waals surface area contributed by atoms with E-state index in [1.54, 1.807) is 17.6 Å². The number of alkyl halides is 3. The van der Waals surface area contributed by atoms with E-state index >= 15 is 0 Å². The number of methoxy groups -OCH3 is 1. The minimum Gasteiger partial charge on any atom is -0.383 e. The zero-order chi connectivity index (χ0) is 15.8. The number of rotatable bonds is 4. The summed E-state index contributed by atoms with van der Waals surface area (Å²) >= 11 is 0. The minimum absolute atomic E-state index is 0.296. The molecule has 3 nitrogen and oxygen atoms in total. The maximum Gasteiger partial charge on any atom is 0.454 e. The average Bonchev–Trinajstić information content (AvgIpc) is 2.79. The van der Waals surface area contributed by atoms with Crippen LogP contribution in [0.5, 0.6) is 0 Å². The van der Waals surface area contributed by atoms with Crippen LogP contribution in [0, 0.1) is 13.8 Å². The number of carbonyl (C=O) groups excluding carboxylic acids is 1. The SMILES string of the molecule is COCCn1cc(C(=O)C(F)(F)F)c2c(C)ccc(C)c21. The summed E-state index contributed by atoms with van der Waals surface area (Å²) < 4.78 is 44.9. The molecular weight excluding hydrogens is 283 g/mol. The predicted octanol–water partition coefficient (Wildman–Crippen LogP) is 3.65. The molecular formula is C15H16F3NO2. The van der Waals surface area contributed by atoms with Gasteiger partial charge in [-0.1, -0.05) is 12.1 Å². The maximum atomic E-state index is 12.8. The fraction of sp³-hybridized carbons (Fsp3) is 0.400. The first-order valence-corrected chi connectivity index (χ1v) is 6.47. The largest absolute Gasteiger partial charge is 0.454 e. The van der Waals surface area contributed by atoms with Crippen LogP contribution in [0.4, 0.5) is 13.2 Å². The highest BCUT2D eigenvalue weighted by Crippen LogP contribution is 2.32. The van der Waals surface area contributed by atoms with Gasteiger partial charge in [0.25, 0.3) is 5.78 Å². The number of ketones is 1. The molecule has 1 aromatic heterocycles. The molecule has 0 aliphatic heterocycles. The van der Waals surface area contributed by atoms with E-state index in [4.69, 9.17) is 4.74 Å². The summed E-state index contributed by atoms with van der Waals surface area (Å²) in [7, 11) is 1.52. The lowest BCUT2D eigenvalue weighted by Crippen LogP contribution is -2.22. The zero-order valence-corrected chi connectivity index (χ0v) is 12.0. The van der Waals surface area contributed by atoms with E-state index in [2.05, 4.69) is 0 Å². The summed E-state index contributed by atoms with van der Waals surface area (Å²) in [6.45, 7) is 4.27. The van der Waals surface area contributed by atoms with E-state index in [1.165, 1.54) is 13.3 Å². The Bertz CT molecular complexity index is 686. The van der Waals surface area contributed by atoms with Crippen molar-refractivity contribution in [1.82, 2.24) is 4.57 Å². The molecule has 1 heterocycles. The Morgan fingerprint density at radius 3 is 2.43 bits per heavy atom. The second-order valence-corrected chi connectivity index (χ2v) is 4.98. The Morgan fingerprint density at radius 2 is 1.86 bits per heavy atom. The van der Waals surface area contributed by atoms with E-state index in [-0.39, 0.29) is 5.56 Å². The van der Waals surface area contributed by atoms with Crippen molar-refractivity contribution in [3.05, 3.63) is 35.0 Å². The Morgan fingerprint density at radius 1 is 1.24 bits per heavy atom. The van der Waals surface area contributed by atoms with Gasteiger partial charge in [-0.3, -0.25) is 4.79 Å². The van der Waals surface area contributed by atoms with Crippen LogP contribution in [0.25, 0.3) is 10.9 Å². The third-order valence-corrected chi connectivity index (χ3v) is 3.47. The van der Waals surface area contributed by atoms with Crippen LogP contribution in [-0.2, 0) is 11.3 Å². The highest BCUT2D eigenvalue weighted by atomic mass is 19.4. The van der Waals surface area contributed by atoms with Crippen LogP contribution in [0.2, 0.25) is 0 Å². The van der Waals surface area contributed by atoms with Gasteiger partial charge in [0.15, 0.2) is 0 Å². The number of hydrogen-bond donors (Lipinski definition) is 0. The van der Waals surface area contributed by atoms with Crippen molar-refractivity contribution >= 4 is 16.7 Å². The van der Waals surface area contributed by atoms with Gasteiger partial charge in [-0.2, -0.15) is 13.2 Å². The molecule has 2 aromatic rings. The van der Waals surface area contributed by atoms with Crippen molar-refractivity contribution in [3.63, 3.8) is 0 Å². The summed E-state index contributed by atoms with van der Waals surface area (Å²) in [6, 6.07) is 3.56. The lowest BCUT2D eigenvalue weighted by molar-refractivity contribution is -0.0884. The van der Waals surface area contributed by atoms with Crippen LogP contribution in [0.3, 0.4) is 0 Å². The van der Waals surface area contributed by atoms with Crippen LogP contribution in [-0.4, -0.2) is 30.2 Å². The smallest absolute Gasteiger partial charge is 0.383 e. The van der Waals surface area contributed by atoms with Gasteiger partial charge < -0.3 is 9.30 Å². The number of ether oxygens (including phenoxy) is 1. The van der Waals surface area contributed by atoms with Gasteiger partial charge in [0.2, 0.25) is 0 Å². The Hall–Kier alpha value is -1.82. The molecule has 0 aliphatic carbocycles. The molecule has 0 fully saturated rings. The predicted molar refractivity (Wildman–Crippen MR) is 73.7 cm³/mol. The number of benzene rings is 1. The summed E-state index contributed by atoms with van der Waals surface area (Å²) in [5, 5.41) is 0.369. The topological polar surface area (TPSA) is 31.2 Å². The quantitative estimate of drug-likeness (QED) is 0.807. The van der Waals surface area contributed by atoms with Crippen LogP contribution in [0.1, 0.15) is 21.5 Å². The maximum absolute atomic E-state index is 12.8. The van der Waals surface area contributed by atoms with Crippen molar-refractivity contribution < 1.29 is 22.7 Å². The molecule has 0 bridgehead atoms. The van der Waals surface area contributed by atoms with Crippen LogP contribution >= 0.6 is 0 Å². The van der Waals surface area contributed by atoms with Gasteiger partial charge in [0.05, 0.1) is 17.7 Å². The number of aryl methyl sites for hydroxylation is 2. The Balaban J connectivity index is 2.72. The molecule has 0 saturated carbocycles. The van der Waals surface area contributed by atoms with E-state index in [0.717, 1.165) is 5.56 Å². The third-order valence-electron chi connectivity index (χ3n) is 3.47. The number of aromatic nitrogens is 1. The highest BCUT2D eigenvalue weighted by Gasteiger charge is 2.41. The van der Waals surface area contributed by atoms with Gasteiger partial charge in [-0.05, 0) is 25.0 Å². The van der Waals surface area contributed by atoms with E-state index < -0.39 is 12.0 Å². The number of Topliss-reactive ketones (excluding diaryl/α,β-unsaturated/α-hetero) is 1. The molecule has 0 amide bonds. The molecule has 0 atom stereocenters. The summed E-state index contributed by atoms with van der Waals surface area (Å²) in [4.78, 5) is 11.7. The average molecular weight is 299 g/mol. The fourth-order valence-electron chi connectivity index (χ4n) is 2.48. The molecule has 0 N–H and O–H groups in total. The number of fused-ring (bicyclic) bond motifs is 1. The van der Waals surface area contributed by atoms with Gasteiger partial charge in [0, 0.05) is 25.2 Å². The van der Waals surface area contributed by atoms with Crippen LogP contribution < -0.4 is 0 Å². The van der Waals surface area contributed by atoms with Crippen molar-refractivity contribution in [2.75, 3.05) is 13.7 Å². The van der Waals surface area contributed by atoms with Crippen molar-refractivity contribution in [3.8, 4) is 0 Å². The van der Waals surface area contributed by atoms with Crippen molar-refractivity contribution in [2.24, 2.45) is 0 Å². The fourth-order valence-corrected chi connectivity index (χ4v) is 2.48. The first-order valence-electron chi connectivity index (χ1n) is 6.47. The molecule has 0 saturated heterocycles. The summed E-state index contributed by atoms with van der Waals surface area (Å²) in [6.07, 6.45) is -3.60. The molecule has 6 heteroatoms. The number of carbonyl (C=O) groups is 1. The molecule has 0 unspecified atom stereocenters. The van der Waals surface area contributed by atoms with E-state index in [9.17, 15) is 18.0 Å². The number of nitrogens with zero attached hydrogens (tertiary/aromatic N) is 1. The molecule has 114 valence electrons. The lowest BCUT2D eigenvalue weighted by Gasteiger charge is -2.08. The van der Waals surface area contributed by atoms with Gasteiger partial charge in [-0.15, -0.1) is 0 Å². The Labute approximate surface area is 120 Å². The van der Waals surface area contributed by atoms with Gasteiger partial charge in [-0.25, -0.2) is 0 Å². The molecule has 0 aliphatic rings. The molecule has 21 heavy (non-hydrogen) atoms. The summed E-state index contributed by atoms with van der Waals surface area (Å²) in [5.41, 5.74) is 1.83. The number of halogens is 3. The van der Waals surface area contributed by atoms with Gasteiger partial charge >= 0.3 is 6.18 Å². The second-order valence-electron chi connectivity index (χ2n) is 4.98. The van der Waals surface area contributed by atoms with Crippen molar-refractivity contribution in [2.45, 2.75) is 26.6 Å². The van der Waals surface area contributed by atoms with Crippen LogP contribution in [0.15, 0.2) is 18.3 Å². The van der Waals surface area contributed by atoms with E-state index in [0.29, 0.717) is 29.6 Å². The molecule has 0 spiro atoms.